The van der Waals surface area contributed by atoms with Crippen LogP contribution in [0.25, 0.3) is 0 Å². The van der Waals surface area contributed by atoms with Crippen molar-refractivity contribution in [2.24, 2.45) is 5.92 Å². The monoisotopic (exact) mass is 387 g/mol. The molecular formula is C20H22ClN3O3. The van der Waals surface area contributed by atoms with Crippen molar-refractivity contribution in [2.75, 3.05) is 13.1 Å². The van der Waals surface area contributed by atoms with Crippen LogP contribution in [0.3, 0.4) is 0 Å². The van der Waals surface area contributed by atoms with E-state index in [1.165, 1.54) is 0 Å². The topological polar surface area (TPSA) is 82.5 Å². The second-order valence-corrected chi connectivity index (χ2v) is 7.15. The van der Waals surface area contributed by atoms with E-state index in [1.807, 2.05) is 42.5 Å². The molecule has 2 amide bonds. The van der Waals surface area contributed by atoms with Crippen molar-refractivity contribution in [2.45, 2.75) is 25.3 Å². The Kier molecular flexibility index (Phi) is 6.29. The molecule has 1 aromatic carbocycles. The zero-order valence-corrected chi connectivity index (χ0v) is 15.6. The van der Waals surface area contributed by atoms with Gasteiger partial charge in [0.15, 0.2) is 0 Å². The Hall–Kier alpha value is -2.60. The number of nitrogens with one attached hydrogen (secondary N) is 1. The number of aromatic nitrogens is 1. The molecule has 27 heavy (non-hydrogen) atoms. The number of rotatable bonds is 5. The average molecular weight is 388 g/mol. The molecule has 1 aromatic heterocycles. The van der Waals surface area contributed by atoms with E-state index < -0.39 is 11.9 Å². The van der Waals surface area contributed by atoms with Gasteiger partial charge in [-0.3, -0.25) is 9.78 Å². The van der Waals surface area contributed by atoms with Crippen LogP contribution >= 0.6 is 11.6 Å². The summed E-state index contributed by atoms with van der Waals surface area (Å²) in [5.74, 6) is -1.36. The molecule has 2 atom stereocenters. The Balaban J connectivity index is 1.73. The molecule has 142 valence electrons. The minimum atomic E-state index is -0.852. The van der Waals surface area contributed by atoms with Gasteiger partial charge in [0.1, 0.15) is 0 Å². The normalized spacial score (nSPS) is 18.0. The maximum atomic E-state index is 12.8. The molecule has 2 aromatic rings. The van der Waals surface area contributed by atoms with E-state index in [-0.39, 0.29) is 18.6 Å². The molecule has 1 fully saturated rings. The lowest BCUT2D eigenvalue weighted by Crippen LogP contribution is -2.48. The second kappa shape index (κ2) is 8.86. The Morgan fingerprint density at radius 3 is 2.70 bits per heavy atom. The third-order valence-electron chi connectivity index (χ3n) is 4.75. The number of halogens is 1. The number of nitrogens with zero attached hydrogens (tertiary/aromatic N) is 2. The van der Waals surface area contributed by atoms with Gasteiger partial charge in [-0.25, -0.2) is 4.79 Å². The molecule has 2 unspecified atom stereocenters. The van der Waals surface area contributed by atoms with E-state index in [4.69, 9.17) is 11.6 Å². The van der Waals surface area contributed by atoms with Gasteiger partial charge in [-0.15, -0.1) is 0 Å². The van der Waals surface area contributed by atoms with Crippen molar-refractivity contribution in [1.29, 1.82) is 0 Å². The Morgan fingerprint density at radius 1 is 1.26 bits per heavy atom. The van der Waals surface area contributed by atoms with Crippen LogP contribution in [-0.4, -0.2) is 40.1 Å². The molecule has 0 spiro atoms. The Labute approximate surface area is 163 Å². The van der Waals surface area contributed by atoms with Crippen LogP contribution in [0, 0.1) is 5.92 Å². The van der Waals surface area contributed by atoms with Gasteiger partial charge in [0.25, 0.3) is 0 Å². The second-order valence-electron chi connectivity index (χ2n) is 6.71. The van der Waals surface area contributed by atoms with Crippen molar-refractivity contribution in [3.8, 4) is 0 Å². The lowest BCUT2D eigenvalue weighted by atomic mass is 9.98. The molecule has 0 saturated carbocycles. The smallest absolute Gasteiger partial charge is 0.317 e. The molecule has 0 bridgehead atoms. The number of piperidine rings is 1. The quantitative estimate of drug-likeness (QED) is 0.822. The summed E-state index contributed by atoms with van der Waals surface area (Å²) < 4.78 is 0. The highest BCUT2D eigenvalue weighted by molar-refractivity contribution is 6.30. The average Bonchev–Trinajstić information content (AvgIpc) is 2.70. The van der Waals surface area contributed by atoms with E-state index in [2.05, 4.69) is 10.3 Å². The van der Waals surface area contributed by atoms with Crippen LogP contribution in [0.15, 0.2) is 48.7 Å². The first kappa shape index (κ1) is 19.2. The Morgan fingerprint density at radius 2 is 2.04 bits per heavy atom. The number of benzene rings is 1. The van der Waals surface area contributed by atoms with Gasteiger partial charge in [-0.2, -0.15) is 0 Å². The third-order valence-corrected chi connectivity index (χ3v) is 5.01. The van der Waals surface area contributed by atoms with Gasteiger partial charge >= 0.3 is 12.0 Å². The van der Waals surface area contributed by atoms with Gasteiger partial charge in [0, 0.05) is 24.3 Å². The van der Waals surface area contributed by atoms with E-state index in [9.17, 15) is 14.7 Å². The number of carbonyl (C=O) groups is 2. The molecule has 6 nitrogen and oxygen atoms in total. The highest BCUT2D eigenvalue weighted by Crippen LogP contribution is 2.21. The summed E-state index contributed by atoms with van der Waals surface area (Å²) in [5, 5.41) is 12.9. The van der Waals surface area contributed by atoms with E-state index in [0.717, 1.165) is 11.3 Å². The van der Waals surface area contributed by atoms with E-state index in [1.54, 1.807) is 11.1 Å². The summed E-state index contributed by atoms with van der Waals surface area (Å²) in [5.41, 5.74) is 1.78. The fourth-order valence-corrected chi connectivity index (χ4v) is 3.40. The van der Waals surface area contributed by atoms with E-state index in [0.29, 0.717) is 30.8 Å². The predicted molar refractivity (Wildman–Crippen MR) is 103 cm³/mol. The van der Waals surface area contributed by atoms with Gasteiger partial charge < -0.3 is 15.3 Å². The molecular weight excluding hydrogens is 366 g/mol. The maximum absolute atomic E-state index is 12.8. The third kappa shape index (κ3) is 5.20. The highest BCUT2D eigenvalue weighted by atomic mass is 35.5. The van der Waals surface area contributed by atoms with Gasteiger partial charge in [0.05, 0.1) is 17.7 Å². The summed E-state index contributed by atoms with van der Waals surface area (Å²) >= 11 is 5.95. The van der Waals surface area contributed by atoms with Crippen LogP contribution in [-0.2, 0) is 11.2 Å². The molecule has 1 aliphatic heterocycles. The summed E-state index contributed by atoms with van der Waals surface area (Å²) in [6, 6.07) is 12.5. The number of carboxylic acids is 1. The minimum absolute atomic E-state index is 0.233. The SMILES string of the molecule is O=C(O)C1CCCN(C(=O)NC(Cc2ccc(Cl)cc2)c2ccccn2)C1. The van der Waals surface area contributed by atoms with Crippen molar-refractivity contribution >= 4 is 23.6 Å². The van der Waals surface area contributed by atoms with Crippen molar-refractivity contribution in [3.05, 3.63) is 64.9 Å². The first-order valence-electron chi connectivity index (χ1n) is 8.96. The number of urea groups is 1. The molecule has 1 saturated heterocycles. The summed E-state index contributed by atoms with van der Waals surface area (Å²) in [4.78, 5) is 30.0. The molecule has 1 aliphatic rings. The molecule has 0 aliphatic carbocycles. The number of hydrogen-bond donors (Lipinski definition) is 2. The van der Waals surface area contributed by atoms with Crippen molar-refractivity contribution in [3.63, 3.8) is 0 Å². The number of hydrogen-bond acceptors (Lipinski definition) is 3. The number of pyridine rings is 1. The van der Waals surface area contributed by atoms with Crippen molar-refractivity contribution < 1.29 is 14.7 Å². The molecule has 0 radical (unpaired) electrons. The number of likely N-dealkylation sites (tertiary alicyclic amines) is 1. The zero-order valence-electron chi connectivity index (χ0n) is 14.8. The van der Waals surface area contributed by atoms with Crippen LogP contribution in [0.1, 0.15) is 30.1 Å². The number of carbonyl (C=O) groups excluding carboxylic acids is 1. The molecule has 3 rings (SSSR count). The number of carboxylic acid groups (broad SMARTS) is 1. The fraction of sp³-hybridized carbons (Fsp3) is 0.350. The van der Waals surface area contributed by atoms with Crippen LogP contribution in [0.2, 0.25) is 5.02 Å². The van der Waals surface area contributed by atoms with Gasteiger partial charge in [-0.05, 0) is 49.1 Å². The predicted octanol–water partition coefficient (Wildman–Crippen LogP) is 3.53. The van der Waals surface area contributed by atoms with Crippen LogP contribution < -0.4 is 5.32 Å². The minimum Gasteiger partial charge on any atom is -0.481 e. The number of aliphatic carboxylic acids is 1. The lowest BCUT2D eigenvalue weighted by Gasteiger charge is -2.32. The van der Waals surface area contributed by atoms with Crippen molar-refractivity contribution in [1.82, 2.24) is 15.2 Å². The van der Waals surface area contributed by atoms with Crippen LogP contribution in [0.4, 0.5) is 4.79 Å². The summed E-state index contributed by atoms with van der Waals surface area (Å²) in [6.45, 7) is 0.794. The largest absolute Gasteiger partial charge is 0.481 e. The summed E-state index contributed by atoms with van der Waals surface area (Å²) in [6.07, 6.45) is 3.55. The molecule has 7 heteroatoms. The maximum Gasteiger partial charge on any atom is 0.317 e. The highest BCUT2D eigenvalue weighted by Gasteiger charge is 2.29. The standard InChI is InChI=1S/C20H22ClN3O3/c21-16-8-6-14(7-9-16)12-18(17-5-1-2-10-22-17)23-20(27)24-11-3-4-15(13-24)19(25)26/h1-2,5-10,15,18H,3-4,11-13H2,(H,23,27)(H,25,26). The number of amides is 2. The Bertz CT molecular complexity index is 783. The first-order valence-corrected chi connectivity index (χ1v) is 9.34. The fourth-order valence-electron chi connectivity index (χ4n) is 3.27. The lowest BCUT2D eigenvalue weighted by molar-refractivity contribution is -0.143. The van der Waals surface area contributed by atoms with Gasteiger partial charge in [-0.1, -0.05) is 29.8 Å². The van der Waals surface area contributed by atoms with Crippen LogP contribution in [0.5, 0.6) is 0 Å². The molecule has 2 N–H and O–H groups in total. The zero-order chi connectivity index (χ0) is 19.2. The first-order chi connectivity index (χ1) is 13.0. The summed E-state index contributed by atoms with van der Waals surface area (Å²) in [7, 11) is 0. The molecule has 2 heterocycles. The van der Waals surface area contributed by atoms with E-state index >= 15 is 0 Å². The van der Waals surface area contributed by atoms with Gasteiger partial charge in [0.2, 0.25) is 0 Å².